The summed E-state index contributed by atoms with van der Waals surface area (Å²) in [4.78, 5) is 41.9. The molecule has 0 aromatic carbocycles. The largest absolute Gasteiger partial charge is 0.479 e. The van der Waals surface area contributed by atoms with Gasteiger partial charge in [-0.2, -0.15) is 26.3 Å². The van der Waals surface area contributed by atoms with Crippen molar-refractivity contribution in [3.63, 3.8) is 0 Å². The summed E-state index contributed by atoms with van der Waals surface area (Å²) >= 11 is 0. The molecule has 9 nitrogen and oxygen atoms in total. The Kier molecular flexibility index (Phi) is 17.8. The summed E-state index contributed by atoms with van der Waals surface area (Å²) in [7, 11) is 0. The van der Waals surface area contributed by atoms with E-state index in [9.17, 15) is 63.1 Å². The maximum absolute atomic E-state index is 12.7. The molecular formula is C20H24F10O9. The van der Waals surface area contributed by atoms with Crippen molar-refractivity contribution in [2.24, 2.45) is 0 Å². The van der Waals surface area contributed by atoms with Crippen LogP contribution in [0.3, 0.4) is 0 Å². The second kappa shape index (κ2) is 17.3. The van der Waals surface area contributed by atoms with Crippen molar-refractivity contribution in [3.05, 3.63) is 24.3 Å². The zero-order valence-corrected chi connectivity index (χ0v) is 20.2. The molecule has 0 aliphatic rings. The normalized spacial score (nSPS) is 11.5. The lowest BCUT2D eigenvalue weighted by Gasteiger charge is -2.17. The van der Waals surface area contributed by atoms with Gasteiger partial charge in [-0.25, -0.2) is 36.7 Å². The quantitative estimate of drug-likeness (QED) is 0.157. The number of rotatable bonds is 11. The van der Waals surface area contributed by atoms with E-state index >= 15 is 0 Å². The first-order valence-electron chi connectivity index (χ1n) is 9.76. The number of aliphatic carboxylic acids is 1. The third-order valence-electron chi connectivity index (χ3n) is 2.94. The topological polar surface area (TPSA) is 136 Å². The van der Waals surface area contributed by atoms with E-state index in [1.165, 1.54) is 13.8 Å². The van der Waals surface area contributed by atoms with E-state index in [0.29, 0.717) is 0 Å². The summed E-state index contributed by atoms with van der Waals surface area (Å²) in [5.74, 6) is -12.4. The molecule has 0 spiro atoms. The van der Waals surface area contributed by atoms with Crippen LogP contribution in [0.25, 0.3) is 0 Å². The maximum Gasteiger partial charge on any atom is 0.394 e. The highest BCUT2D eigenvalue weighted by Gasteiger charge is 2.44. The number of esters is 3. The Labute approximate surface area is 214 Å². The number of carboxylic acids is 1. The van der Waals surface area contributed by atoms with Gasteiger partial charge in [-0.1, -0.05) is 13.2 Å². The summed E-state index contributed by atoms with van der Waals surface area (Å²) in [6.07, 6.45) is -14.7. The average Bonchev–Trinajstić information content (AvgIpc) is 2.71. The molecule has 0 aromatic heterocycles. The van der Waals surface area contributed by atoms with Crippen LogP contribution in [0.2, 0.25) is 0 Å². The predicted molar refractivity (Wildman–Crippen MR) is 108 cm³/mol. The summed E-state index contributed by atoms with van der Waals surface area (Å²) in [5.41, 5.74) is 0.163. The Morgan fingerprint density at radius 3 is 1.31 bits per heavy atom. The molecule has 0 aliphatic heterocycles. The number of hydrogen-bond acceptors (Lipinski definition) is 8. The minimum atomic E-state index is -5.08. The highest BCUT2D eigenvalue weighted by molar-refractivity contribution is 5.89. The van der Waals surface area contributed by atoms with Crippen molar-refractivity contribution in [1.29, 1.82) is 0 Å². The molecule has 39 heavy (non-hydrogen) atoms. The number of aliphatic hydroxyl groups is 1. The van der Waals surface area contributed by atoms with Crippen LogP contribution in [0.1, 0.15) is 26.7 Å². The van der Waals surface area contributed by atoms with Crippen LogP contribution >= 0.6 is 0 Å². The van der Waals surface area contributed by atoms with Gasteiger partial charge in [0.1, 0.15) is 19.4 Å². The fourth-order valence-electron chi connectivity index (χ4n) is 1.42. The van der Waals surface area contributed by atoms with Crippen LogP contribution in [0.5, 0.6) is 0 Å². The first-order valence-corrected chi connectivity index (χ1v) is 9.76. The second-order valence-electron chi connectivity index (χ2n) is 7.22. The van der Waals surface area contributed by atoms with Crippen molar-refractivity contribution in [2.45, 2.75) is 50.9 Å². The lowest BCUT2D eigenvalue weighted by Crippen LogP contribution is -2.32. The van der Waals surface area contributed by atoms with Gasteiger partial charge in [-0.05, 0) is 13.8 Å². The second-order valence-corrected chi connectivity index (χ2v) is 7.22. The van der Waals surface area contributed by atoms with Gasteiger partial charge in [0.15, 0.2) is 19.8 Å². The molecule has 0 rings (SSSR count). The van der Waals surface area contributed by atoms with Crippen LogP contribution in [0.15, 0.2) is 24.3 Å². The molecule has 0 amide bonds. The molecule has 2 N–H and O–H groups in total. The van der Waals surface area contributed by atoms with Crippen molar-refractivity contribution in [1.82, 2.24) is 0 Å². The fourth-order valence-corrected chi connectivity index (χ4v) is 1.42. The Morgan fingerprint density at radius 1 is 0.667 bits per heavy atom. The average molecular weight is 598 g/mol. The van der Waals surface area contributed by atoms with Gasteiger partial charge in [0.25, 0.3) is 11.8 Å². The van der Waals surface area contributed by atoms with Gasteiger partial charge in [-0.15, -0.1) is 0 Å². The molecule has 228 valence electrons. The number of hydrogen-bond donors (Lipinski definition) is 2. The number of ether oxygens (including phenoxy) is 3. The van der Waals surface area contributed by atoms with Crippen molar-refractivity contribution >= 4 is 23.9 Å². The van der Waals surface area contributed by atoms with Gasteiger partial charge in [0.2, 0.25) is 0 Å². The van der Waals surface area contributed by atoms with Crippen LogP contribution in [0.4, 0.5) is 43.9 Å². The van der Waals surface area contributed by atoms with Crippen LogP contribution in [0, 0.1) is 0 Å². The van der Waals surface area contributed by atoms with E-state index in [2.05, 4.69) is 27.4 Å². The smallest absolute Gasteiger partial charge is 0.394 e. The molecule has 0 saturated heterocycles. The van der Waals surface area contributed by atoms with E-state index in [1.807, 2.05) is 0 Å². The monoisotopic (exact) mass is 598 g/mol. The predicted octanol–water partition coefficient (Wildman–Crippen LogP) is 3.99. The number of carbonyl (C=O) groups excluding carboxylic acids is 3. The Balaban J connectivity index is -0.000000547. The highest BCUT2D eigenvalue weighted by atomic mass is 19.4. The maximum atomic E-state index is 12.7. The number of alkyl halides is 10. The van der Waals surface area contributed by atoms with Gasteiger partial charge in [0.05, 0.1) is 0 Å². The zero-order valence-electron chi connectivity index (χ0n) is 20.2. The van der Waals surface area contributed by atoms with E-state index in [0.717, 1.165) is 0 Å². The first-order chi connectivity index (χ1) is 17.2. The van der Waals surface area contributed by atoms with E-state index < -0.39 is 87.3 Å². The SMILES string of the molecule is C=C(C)C(=O)OCC(=O)O.C=C(C)C(=O)OCC(=O)OCC(F)(F)CC(F)(F)F.OCC(F)(F)CC(F)(F)F. The van der Waals surface area contributed by atoms with E-state index in [1.54, 1.807) is 0 Å². The van der Waals surface area contributed by atoms with Gasteiger partial charge in [0, 0.05) is 11.1 Å². The Morgan fingerprint density at radius 2 is 1.03 bits per heavy atom. The summed E-state index contributed by atoms with van der Waals surface area (Å²) in [6, 6.07) is 0. The van der Waals surface area contributed by atoms with Gasteiger partial charge < -0.3 is 24.4 Å². The van der Waals surface area contributed by atoms with E-state index in [4.69, 9.17) is 10.2 Å². The molecule has 0 fully saturated rings. The van der Waals surface area contributed by atoms with E-state index in [-0.39, 0.29) is 11.1 Å². The molecule has 0 bridgehead atoms. The fraction of sp³-hybridized carbons (Fsp3) is 0.600. The molecule has 0 heterocycles. The lowest BCUT2D eigenvalue weighted by atomic mass is 10.2. The van der Waals surface area contributed by atoms with Crippen LogP contribution in [-0.2, 0) is 33.4 Å². The lowest BCUT2D eigenvalue weighted by molar-refractivity contribution is -0.204. The summed E-state index contributed by atoms with van der Waals surface area (Å²) in [6.45, 7) is 4.09. The number of carbonyl (C=O) groups is 4. The standard InChI is InChI=1S/C10H11F5O4.C6H8O4.C4H5F5O/c1-6(2)8(17)18-3-7(16)19-5-9(11,12)4-10(13,14)15;1-4(2)6(9)10-3-5(7)8;5-3(6,2-10)1-4(7,8)9/h1,3-5H2,2H3;1,3H2,2H3,(H,7,8);10H,1-2H2. The Hall–Kier alpha value is -3.38. The molecule has 0 unspecified atom stereocenters. The molecule has 0 aromatic rings. The summed E-state index contributed by atoms with van der Waals surface area (Å²) < 4.78 is 130. The van der Waals surface area contributed by atoms with Gasteiger partial charge in [-0.3, -0.25) is 0 Å². The first kappa shape index (κ1) is 40.1. The van der Waals surface area contributed by atoms with Gasteiger partial charge >= 0.3 is 36.2 Å². The summed E-state index contributed by atoms with van der Waals surface area (Å²) in [5, 5.41) is 15.7. The third kappa shape index (κ3) is 29.0. The molecule has 0 atom stereocenters. The number of halogens is 10. The molecule has 0 saturated carbocycles. The Bertz CT molecular complexity index is 850. The van der Waals surface area contributed by atoms with Crippen LogP contribution < -0.4 is 0 Å². The third-order valence-corrected chi connectivity index (χ3v) is 2.94. The van der Waals surface area contributed by atoms with Crippen LogP contribution in [-0.4, -0.2) is 84.7 Å². The minimum Gasteiger partial charge on any atom is -0.479 e. The minimum absolute atomic E-state index is 0.0322. The van der Waals surface area contributed by atoms with Crippen molar-refractivity contribution in [3.8, 4) is 0 Å². The highest BCUT2D eigenvalue weighted by Crippen LogP contribution is 2.32. The van der Waals surface area contributed by atoms with Crippen molar-refractivity contribution < 1.29 is 87.5 Å². The molecule has 19 heteroatoms. The number of aliphatic hydroxyl groups excluding tert-OH is 1. The molecule has 0 aliphatic carbocycles. The molecular weight excluding hydrogens is 574 g/mol. The molecule has 0 radical (unpaired) electrons. The number of carboxylic acid groups (broad SMARTS) is 1. The zero-order chi connectivity index (χ0) is 31.8. The van der Waals surface area contributed by atoms with Crippen molar-refractivity contribution in [2.75, 3.05) is 26.4 Å².